The molecule has 90 valence electrons. The molecule has 0 aliphatic carbocycles. The van der Waals surface area contributed by atoms with Gasteiger partial charge in [0.25, 0.3) is 0 Å². The van der Waals surface area contributed by atoms with Crippen LogP contribution in [0.1, 0.15) is 48.0 Å². The molecule has 0 spiro atoms. The van der Waals surface area contributed by atoms with E-state index in [9.17, 15) is 4.79 Å². The summed E-state index contributed by atoms with van der Waals surface area (Å²) in [5.41, 5.74) is 0. The van der Waals surface area contributed by atoms with Crippen LogP contribution in [0, 0.1) is 17.8 Å². The third-order valence-corrected chi connectivity index (χ3v) is 2.66. The zero-order valence-corrected chi connectivity index (χ0v) is 11.0. The van der Waals surface area contributed by atoms with Crippen molar-refractivity contribution in [2.24, 2.45) is 17.8 Å². The third-order valence-electron chi connectivity index (χ3n) is 2.66. The number of carbonyl (C=O) groups is 1. The molecule has 0 saturated heterocycles. The lowest BCUT2D eigenvalue weighted by Gasteiger charge is -2.21. The van der Waals surface area contributed by atoms with Gasteiger partial charge in [-0.2, -0.15) is 0 Å². The largest absolute Gasteiger partial charge is 0.378 e. The lowest BCUT2D eigenvalue weighted by molar-refractivity contribution is -0.124. The molecule has 0 aromatic rings. The van der Waals surface area contributed by atoms with Crippen LogP contribution in [-0.4, -0.2) is 18.5 Å². The first kappa shape index (κ1) is 14.6. The van der Waals surface area contributed by atoms with Crippen molar-refractivity contribution in [3.63, 3.8) is 0 Å². The number of carbonyl (C=O) groups excluding carboxylic acids is 1. The van der Waals surface area contributed by atoms with E-state index in [-0.39, 0.29) is 12.0 Å². The smallest absolute Gasteiger partial charge is 0.135 e. The minimum Gasteiger partial charge on any atom is -0.378 e. The fourth-order valence-electron chi connectivity index (χ4n) is 1.23. The van der Waals surface area contributed by atoms with Crippen LogP contribution >= 0.6 is 0 Å². The summed E-state index contributed by atoms with van der Waals surface area (Å²) in [6.45, 7) is 13.1. The first-order valence-electron chi connectivity index (χ1n) is 5.98. The highest BCUT2D eigenvalue weighted by atomic mass is 16.5. The highest BCUT2D eigenvalue weighted by Crippen LogP contribution is 2.15. The van der Waals surface area contributed by atoms with E-state index in [1.54, 1.807) is 0 Å². The fraction of sp³-hybridized carbons (Fsp3) is 0.923. The highest BCUT2D eigenvalue weighted by Gasteiger charge is 2.18. The van der Waals surface area contributed by atoms with E-state index in [0.717, 1.165) is 6.61 Å². The van der Waals surface area contributed by atoms with E-state index in [1.165, 1.54) is 0 Å². The maximum atomic E-state index is 11.5. The summed E-state index contributed by atoms with van der Waals surface area (Å²) in [6, 6.07) is 0. The van der Waals surface area contributed by atoms with Gasteiger partial charge in [-0.3, -0.25) is 4.79 Å². The molecule has 0 aliphatic rings. The molecule has 0 saturated carbocycles. The average Bonchev–Trinajstić information content (AvgIpc) is 2.13. The lowest BCUT2D eigenvalue weighted by atomic mass is 9.94. The molecule has 0 fully saturated rings. The molecule has 0 bridgehead atoms. The van der Waals surface area contributed by atoms with E-state index >= 15 is 0 Å². The quantitative estimate of drug-likeness (QED) is 0.650. The zero-order chi connectivity index (χ0) is 12.0. The summed E-state index contributed by atoms with van der Waals surface area (Å²) in [5.74, 6) is 1.35. The monoisotopic (exact) mass is 214 g/mol. The highest BCUT2D eigenvalue weighted by molar-refractivity contribution is 5.80. The van der Waals surface area contributed by atoms with E-state index in [2.05, 4.69) is 27.7 Å². The standard InChI is InChI=1S/C13H26O2/c1-9(2)8-15-12(6)11(5)7-13(14)10(3)4/h9-12H,7-8H2,1-6H3/t11-,12?/m0/s1. The maximum Gasteiger partial charge on any atom is 0.135 e. The number of ether oxygens (including phenoxy) is 1. The number of rotatable bonds is 7. The molecule has 2 heteroatoms. The minimum atomic E-state index is 0.143. The van der Waals surface area contributed by atoms with Crippen LogP contribution in [-0.2, 0) is 9.53 Å². The first-order chi connectivity index (χ1) is 6.84. The molecule has 2 nitrogen and oxygen atoms in total. The van der Waals surface area contributed by atoms with Gasteiger partial charge < -0.3 is 4.74 Å². The lowest BCUT2D eigenvalue weighted by Crippen LogP contribution is -2.24. The number of ketones is 1. The number of Topliss-reactive ketones (excluding diaryl/α,β-unsaturated/α-hetero) is 1. The van der Waals surface area contributed by atoms with Gasteiger partial charge in [-0.25, -0.2) is 0 Å². The molecule has 1 unspecified atom stereocenters. The Balaban J connectivity index is 3.88. The van der Waals surface area contributed by atoms with Gasteiger partial charge in [0.05, 0.1) is 6.10 Å². The molecule has 0 aromatic heterocycles. The van der Waals surface area contributed by atoms with E-state index < -0.39 is 0 Å². The van der Waals surface area contributed by atoms with Gasteiger partial charge in [0.2, 0.25) is 0 Å². The average molecular weight is 214 g/mol. The van der Waals surface area contributed by atoms with Crippen LogP contribution in [0.5, 0.6) is 0 Å². The first-order valence-corrected chi connectivity index (χ1v) is 5.98. The normalized spacial score (nSPS) is 15.7. The Hall–Kier alpha value is -0.370. The second-order valence-corrected chi connectivity index (χ2v) is 5.23. The Morgan fingerprint density at radius 1 is 1.07 bits per heavy atom. The van der Waals surface area contributed by atoms with Gasteiger partial charge >= 0.3 is 0 Å². The summed E-state index contributed by atoms with van der Waals surface area (Å²) in [4.78, 5) is 11.5. The van der Waals surface area contributed by atoms with Crippen LogP contribution in [0.4, 0.5) is 0 Å². The Labute approximate surface area is 94.4 Å². The van der Waals surface area contributed by atoms with E-state index in [0.29, 0.717) is 24.0 Å². The molecule has 0 heterocycles. The molecular weight excluding hydrogens is 188 g/mol. The Bertz CT molecular complexity index is 185. The Kier molecular flexibility index (Phi) is 6.82. The van der Waals surface area contributed by atoms with Gasteiger partial charge in [0, 0.05) is 18.9 Å². The van der Waals surface area contributed by atoms with Gasteiger partial charge in [-0.1, -0.05) is 34.6 Å². The van der Waals surface area contributed by atoms with Crippen molar-refractivity contribution in [3.8, 4) is 0 Å². The summed E-state index contributed by atoms with van der Waals surface area (Å²) < 4.78 is 5.69. The molecule has 0 amide bonds. The fourth-order valence-corrected chi connectivity index (χ4v) is 1.23. The molecule has 15 heavy (non-hydrogen) atoms. The van der Waals surface area contributed by atoms with Gasteiger partial charge in [0.15, 0.2) is 0 Å². The van der Waals surface area contributed by atoms with E-state index in [4.69, 9.17) is 4.74 Å². The maximum absolute atomic E-state index is 11.5. The number of hydrogen-bond donors (Lipinski definition) is 0. The molecule has 0 N–H and O–H groups in total. The van der Waals surface area contributed by atoms with Crippen LogP contribution in [0.25, 0.3) is 0 Å². The summed E-state index contributed by atoms with van der Waals surface area (Å²) >= 11 is 0. The van der Waals surface area contributed by atoms with Crippen molar-refractivity contribution in [1.29, 1.82) is 0 Å². The van der Waals surface area contributed by atoms with Crippen LogP contribution in [0.15, 0.2) is 0 Å². The van der Waals surface area contributed by atoms with Gasteiger partial charge in [0.1, 0.15) is 5.78 Å². The topological polar surface area (TPSA) is 26.3 Å². The minimum absolute atomic E-state index is 0.143. The van der Waals surface area contributed by atoms with Crippen LogP contribution in [0.3, 0.4) is 0 Å². The SMILES string of the molecule is CC(C)COC(C)[C@@H](C)CC(=O)C(C)C. The van der Waals surface area contributed by atoms with E-state index in [1.807, 2.05) is 13.8 Å². The summed E-state index contributed by atoms with van der Waals surface area (Å²) in [6.07, 6.45) is 0.812. The second-order valence-electron chi connectivity index (χ2n) is 5.23. The van der Waals surface area contributed by atoms with Crippen molar-refractivity contribution in [2.75, 3.05) is 6.61 Å². The second kappa shape index (κ2) is 7.00. The van der Waals surface area contributed by atoms with Crippen LogP contribution < -0.4 is 0 Å². The van der Waals surface area contributed by atoms with Gasteiger partial charge in [-0.15, -0.1) is 0 Å². The third kappa shape index (κ3) is 6.67. The van der Waals surface area contributed by atoms with Crippen molar-refractivity contribution in [2.45, 2.75) is 54.1 Å². The van der Waals surface area contributed by atoms with Crippen molar-refractivity contribution < 1.29 is 9.53 Å². The van der Waals surface area contributed by atoms with Crippen molar-refractivity contribution >= 4 is 5.78 Å². The zero-order valence-electron chi connectivity index (χ0n) is 11.0. The van der Waals surface area contributed by atoms with Gasteiger partial charge in [-0.05, 0) is 18.8 Å². The molecule has 0 radical (unpaired) electrons. The summed E-state index contributed by atoms with van der Waals surface area (Å²) in [5, 5.41) is 0. The molecular formula is C13H26O2. The van der Waals surface area contributed by atoms with Crippen molar-refractivity contribution in [3.05, 3.63) is 0 Å². The predicted octanol–water partition coefficient (Wildman–Crippen LogP) is 3.30. The Morgan fingerprint density at radius 3 is 2.00 bits per heavy atom. The molecule has 0 aromatic carbocycles. The van der Waals surface area contributed by atoms with Crippen LogP contribution in [0.2, 0.25) is 0 Å². The summed E-state index contributed by atoms with van der Waals surface area (Å²) in [7, 11) is 0. The molecule has 0 aliphatic heterocycles. The molecule has 0 rings (SSSR count). The molecule has 2 atom stereocenters. The number of hydrogen-bond acceptors (Lipinski definition) is 2. The van der Waals surface area contributed by atoms with Crippen molar-refractivity contribution in [1.82, 2.24) is 0 Å². The Morgan fingerprint density at radius 2 is 1.60 bits per heavy atom. The predicted molar refractivity (Wildman–Crippen MR) is 63.9 cm³/mol.